The summed E-state index contributed by atoms with van der Waals surface area (Å²) in [7, 11) is 0. The number of aromatic nitrogens is 2. The van der Waals surface area contributed by atoms with Gasteiger partial charge in [-0.2, -0.15) is 0 Å². The topological polar surface area (TPSA) is 43.8 Å². The van der Waals surface area contributed by atoms with E-state index in [0.29, 0.717) is 5.92 Å². The zero-order valence-electron chi connectivity index (χ0n) is 11.2. The van der Waals surface area contributed by atoms with Crippen molar-refractivity contribution in [3.8, 4) is 0 Å². The summed E-state index contributed by atoms with van der Waals surface area (Å²) in [5.41, 5.74) is 8.23. The highest BCUT2D eigenvalue weighted by atomic mass is 35.5. The molecule has 1 aromatic heterocycles. The average Bonchev–Trinajstić information content (AvgIpc) is 2.64. The Hall–Kier alpha value is -1.06. The number of rotatable bonds is 4. The molecule has 1 aromatic carbocycles. The smallest absolute Gasteiger partial charge is 0.111 e. The predicted molar refractivity (Wildman–Crippen MR) is 76.9 cm³/mol. The molecule has 0 radical (unpaired) electrons. The van der Waals surface area contributed by atoms with Crippen LogP contribution in [0, 0.1) is 5.92 Å². The van der Waals surface area contributed by atoms with Gasteiger partial charge in [-0.1, -0.05) is 25.4 Å². The first-order chi connectivity index (χ1) is 8.52. The van der Waals surface area contributed by atoms with Crippen LogP contribution in [0.25, 0.3) is 11.0 Å². The predicted octanol–water partition coefficient (Wildman–Crippen LogP) is 3.24. The minimum Gasteiger partial charge on any atom is -0.328 e. The van der Waals surface area contributed by atoms with Crippen molar-refractivity contribution < 1.29 is 0 Å². The molecule has 1 heterocycles. The van der Waals surface area contributed by atoms with Gasteiger partial charge in [0.25, 0.3) is 0 Å². The van der Waals surface area contributed by atoms with Gasteiger partial charge in [0.05, 0.1) is 11.0 Å². The summed E-state index contributed by atoms with van der Waals surface area (Å²) in [5, 5.41) is 0.725. The fourth-order valence-electron chi connectivity index (χ4n) is 2.11. The van der Waals surface area contributed by atoms with Crippen molar-refractivity contribution in [2.75, 3.05) is 0 Å². The number of nitrogens with zero attached hydrogens (tertiary/aromatic N) is 2. The van der Waals surface area contributed by atoms with Gasteiger partial charge in [0, 0.05) is 24.0 Å². The number of nitrogens with two attached hydrogens (primary N) is 1. The highest BCUT2D eigenvalue weighted by molar-refractivity contribution is 6.31. The molecule has 1 unspecified atom stereocenters. The molecule has 4 heteroatoms. The van der Waals surface area contributed by atoms with Crippen LogP contribution in [0.3, 0.4) is 0 Å². The van der Waals surface area contributed by atoms with Crippen molar-refractivity contribution >= 4 is 22.6 Å². The molecular formula is C14H20ClN3. The summed E-state index contributed by atoms with van der Waals surface area (Å²) in [4.78, 5) is 4.67. The van der Waals surface area contributed by atoms with Crippen LogP contribution in [0.1, 0.15) is 26.6 Å². The fourth-order valence-corrected chi connectivity index (χ4v) is 2.27. The first kappa shape index (κ1) is 13.4. The van der Waals surface area contributed by atoms with Gasteiger partial charge >= 0.3 is 0 Å². The molecule has 1 atom stereocenters. The van der Waals surface area contributed by atoms with E-state index in [1.165, 1.54) is 0 Å². The molecule has 2 rings (SSSR count). The van der Waals surface area contributed by atoms with Crippen molar-refractivity contribution in [2.24, 2.45) is 11.7 Å². The fraction of sp³-hybridized carbons (Fsp3) is 0.500. The van der Waals surface area contributed by atoms with Gasteiger partial charge < -0.3 is 10.3 Å². The molecule has 0 saturated heterocycles. The van der Waals surface area contributed by atoms with E-state index in [9.17, 15) is 0 Å². The highest BCUT2D eigenvalue weighted by Crippen LogP contribution is 2.21. The highest BCUT2D eigenvalue weighted by Gasteiger charge is 2.15. The molecule has 0 spiro atoms. The Labute approximate surface area is 113 Å². The first-order valence-electron chi connectivity index (χ1n) is 6.43. The monoisotopic (exact) mass is 265 g/mol. The van der Waals surface area contributed by atoms with E-state index in [1.54, 1.807) is 0 Å². The van der Waals surface area contributed by atoms with Gasteiger partial charge in [0.1, 0.15) is 5.82 Å². The molecule has 18 heavy (non-hydrogen) atoms. The Morgan fingerprint density at radius 2 is 2.11 bits per heavy atom. The summed E-state index contributed by atoms with van der Waals surface area (Å²) in [6.45, 7) is 7.30. The maximum Gasteiger partial charge on any atom is 0.111 e. The van der Waals surface area contributed by atoms with E-state index >= 15 is 0 Å². The minimum atomic E-state index is 0.141. The summed E-state index contributed by atoms with van der Waals surface area (Å²) < 4.78 is 2.22. The number of fused-ring (bicyclic) bond motifs is 1. The second-order valence-electron chi connectivity index (χ2n) is 5.02. The van der Waals surface area contributed by atoms with Crippen LogP contribution < -0.4 is 5.73 Å². The van der Waals surface area contributed by atoms with Gasteiger partial charge in [0.15, 0.2) is 0 Å². The first-order valence-corrected chi connectivity index (χ1v) is 6.81. The van der Waals surface area contributed by atoms with Crippen molar-refractivity contribution in [3.63, 3.8) is 0 Å². The van der Waals surface area contributed by atoms with Gasteiger partial charge in [-0.3, -0.25) is 0 Å². The Bertz CT molecular complexity index is 545. The molecule has 3 nitrogen and oxygen atoms in total. The third kappa shape index (κ3) is 2.52. The van der Waals surface area contributed by atoms with Gasteiger partial charge in [-0.15, -0.1) is 0 Å². The van der Waals surface area contributed by atoms with E-state index in [-0.39, 0.29) is 6.04 Å². The van der Waals surface area contributed by atoms with E-state index in [1.807, 2.05) is 18.2 Å². The SMILES string of the molecule is CCn1c(CC(N)C(C)C)nc2cc(Cl)ccc21. The molecule has 0 aliphatic carbocycles. The van der Waals surface area contributed by atoms with Gasteiger partial charge in [-0.25, -0.2) is 4.98 Å². The molecule has 2 N–H and O–H groups in total. The zero-order chi connectivity index (χ0) is 13.3. The van der Waals surface area contributed by atoms with Crippen molar-refractivity contribution in [1.29, 1.82) is 0 Å². The maximum absolute atomic E-state index is 6.14. The molecule has 0 bridgehead atoms. The summed E-state index contributed by atoms with van der Waals surface area (Å²) in [5.74, 6) is 1.51. The van der Waals surface area contributed by atoms with Crippen molar-refractivity contribution in [3.05, 3.63) is 29.0 Å². The van der Waals surface area contributed by atoms with Crippen molar-refractivity contribution in [2.45, 2.75) is 39.8 Å². The Morgan fingerprint density at radius 3 is 2.72 bits per heavy atom. The molecule has 0 amide bonds. The number of benzene rings is 1. The zero-order valence-corrected chi connectivity index (χ0v) is 11.9. The van der Waals surface area contributed by atoms with Crippen LogP contribution in [0.2, 0.25) is 5.02 Å². The lowest BCUT2D eigenvalue weighted by molar-refractivity contribution is 0.474. The van der Waals surface area contributed by atoms with Crippen LogP contribution in [0.15, 0.2) is 18.2 Å². The lowest BCUT2D eigenvalue weighted by Crippen LogP contribution is -2.30. The number of aryl methyl sites for hydroxylation is 1. The summed E-state index contributed by atoms with van der Waals surface area (Å²) >= 11 is 6.01. The largest absolute Gasteiger partial charge is 0.328 e. The van der Waals surface area contributed by atoms with Crippen LogP contribution in [-0.4, -0.2) is 15.6 Å². The Balaban J connectivity index is 2.43. The number of halogens is 1. The number of hydrogen-bond acceptors (Lipinski definition) is 2. The molecule has 0 fully saturated rings. The van der Waals surface area contributed by atoms with Gasteiger partial charge in [-0.05, 0) is 31.0 Å². The third-order valence-corrected chi connectivity index (χ3v) is 3.62. The average molecular weight is 266 g/mol. The van der Waals surface area contributed by atoms with Crippen LogP contribution >= 0.6 is 11.6 Å². The van der Waals surface area contributed by atoms with Crippen LogP contribution in [-0.2, 0) is 13.0 Å². The lowest BCUT2D eigenvalue weighted by atomic mass is 10.0. The standard InChI is InChI=1S/C14H20ClN3/c1-4-18-13-6-5-10(15)7-12(13)17-14(18)8-11(16)9(2)3/h5-7,9,11H,4,8,16H2,1-3H3. The van der Waals surface area contributed by atoms with E-state index in [4.69, 9.17) is 17.3 Å². The normalized spacial score (nSPS) is 13.4. The quantitative estimate of drug-likeness (QED) is 0.922. The Kier molecular flexibility index (Phi) is 3.93. The molecular weight excluding hydrogens is 246 g/mol. The minimum absolute atomic E-state index is 0.141. The maximum atomic E-state index is 6.14. The second kappa shape index (κ2) is 5.29. The van der Waals surface area contributed by atoms with Gasteiger partial charge in [0.2, 0.25) is 0 Å². The van der Waals surface area contributed by atoms with E-state index in [0.717, 1.165) is 34.8 Å². The summed E-state index contributed by atoms with van der Waals surface area (Å²) in [6.07, 6.45) is 0.803. The molecule has 0 saturated carbocycles. The van der Waals surface area contributed by atoms with Crippen LogP contribution in [0.4, 0.5) is 0 Å². The summed E-state index contributed by atoms with van der Waals surface area (Å²) in [6, 6.07) is 5.98. The number of imidazole rings is 1. The van der Waals surface area contributed by atoms with Crippen LogP contribution in [0.5, 0.6) is 0 Å². The molecule has 2 aromatic rings. The number of hydrogen-bond donors (Lipinski definition) is 1. The Morgan fingerprint density at radius 1 is 1.39 bits per heavy atom. The van der Waals surface area contributed by atoms with E-state index in [2.05, 4.69) is 30.3 Å². The van der Waals surface area contributed by atoms with Crippen molar-refractivity contribution in [1.82, 2.24) is 9.55 Å². The molecule has 0 aliphatic rings. The molecule has 0 aliphatic heterocycles. The van der Waals surface area contributed by atoms with E-state index < -0.39 is 0 Å². The molecule has 98 valence electrons. The second-order valence-corrected chi connectivity index (χ2v) is 5.45. The third-order valence-electron chi connectivity index (χ3n) is 3.38. The lowest BCUT2D eigenvalue weighted by Gasteiger charge is -2.15.